The summed E-state index contributed by atoms with van der Waals surface area (Å²) in [5.41, 5.74) is -0.599. The van der Waals surface area contributed by atoms with E-state index in [0.717, 1.165) is 12.8 Å². The number of ether oxygens (including phenoxy) is 1. The van der Waals surface area contributed by atoms with Gasteiger partial charge >= 0.3 is 0 Å². The molecule has 2 nitrogen and oxygen atoms in total. The van der Waals surface area contributed by atoms with Crippen LogP contribution >= 0.6 is 15.1 Å². The van der Waals surface area contributed by atoms with Gasteiger partial charge in [-0.2, -0.15) is 0 Å². The molecule has 2 saturated carbocycles. The summed E-state index contributed by atoms with van der Waals surface area (Å²) in [6.45, 7) is 6.36. The van der Waals surface area contributed by atoms with E-state index in [2.05, 4.69) is 34.3 Å². The molecule has 3 unspecified atom stereocenters. The Morgan fingerprint density at radius 1 is 1.42 bits per heavy atom. The van der Waals surface area contributed by atoms with Gasteiger partial charge in [-0.15, -0.1) is 20.1 Å². The molecule has 0 bridgehead atoms. The van der Waals surface area contributed by atoms with Crippen LogP contribution in [0.5, 0.6) is 0 Å². The second-order valence-electron chi connectivity index (χ2n) is 6.82. The molecule has 0 aliphatic heterocycles. The maximum absolute atomic E-state index is 10.6. The van der Waals surface area contributed by atoms with Gasteiger partial charge in [0.05, 0.1) is 17.6 Å². The van der Waals surface area contributed by atoms with E-state index in [1.807, 2.05) is 6.92 Å². The molecular formula is C14H29BO2P2. The van der Waals surface area contributed by atoms with Crippen molar-refractivity contribution in [1.82, 2.24) is 0 Å². The Labute approximate surface area is 120 Å². The minimum Gasteiger partial charge on any atom is -0.390 e. The second kappa shape index (κ2) is 5.41. The van der Waals surface area contributed by atoms with Crippen molar-refractivity contribution in [3.05, 3.63) is 0 Å². The average molecular weight is 302 g/mol. The van der Waals surface area contributed by atoms with Crippen LogP contribution < -0.4 is 0 Å². The first-order valence-corrected chi connectivity index (χ1v) is 11.7. The summed E-state index contributed by atoms with van der Waals surface area (Å²) in [4.78, 5) is 0. The summed E-state index contributed by atoms with van der Waals surface area (Å²) in [5, 5.41) is 10.6. The molecule has 2 rings (SSSR count). The van der Waals surface area contributed by atoms with Gasteiger partial charge in [0.15, 0.2) is 0 Å². The molecule has 2 aliphatic rings. The molecular weight excluding hydrogens is 273 g/mol. The zero-order valence-electron chi connectivity index (χ0n) is 12.8. The van der Waals surface area contributed by atoms with Crippen LogP contribution in [0.3, 0.4) is 0 Å². The third-order valence-corrected chi connectivity index (χ3v) is 11.2. The van der Waals surface area contributed by atoms with Gasteiger partial charge in [-0.05, 0) is 37.1 Å². The van der Waals surface area contributed by atoms with Crippen molar-refractivity contribution in [1.29, 1.82) is 0 Å². The van der Waals surface area contributed by atoms with E-state index in [1.165, 1.54) is 12.1 Å². The van der Waals surface area contributed by atoms with Crippen LogP contribution in [0.4, 0.5) is 0 Å². The Hall–Kier alpha value is 0.585. The first-order chi connectivity index (χ1) is 8.75. The van der Waals surface area contributed by atoms with E-state index < -0.39 is 20.7 Å². The van der Waals surface area contributed by atoms with E-state index in [0.29, 0.717) is 11.7 Å². The van der Waals surface area contributed by atoms with E-state index in [4.69, 9.17) is 4.74 Å². The maximum Gasteiger partial charge on any atom is 0.109 e. The first-order valence-electron chi connectivity index (χ1n) is 7.45. The minimum absolute atomic E-state index is 0.0309. The number of hydrogen-bond donors (Lipinski definition) is 1. The monoisotopic (exact) mass is 302 g/mol. The molecule has 0 radical (unpaired) electrons. The third-order valence-electron chi connectivity index (χ3n) is 5.69. The molecule has 0 amide bonds. The molecule has 0 saturated heterocycles. The van der Waals surface area contributed by atoms with E-state index in [-0.39, 0.29) is 11.5 Å². The first kappa shape index (κ1) is 16.0. The van der Waals surface area contributed by atoms with Crippen molar-refractivity contribution < 1.29 is 9.84 Å². The van der Waals surface area contributed by atoms with Crippen molar-refractivity contribution in [2.45, 2.75) is 44.2 Å². The van der Waals surface area contributed by atoms with Crippen LogP contribution in [0.2, 0.25) is 5.82 Å². The summed E-state index contributed by atoms with van der Waals surface area (Å²) < 4.78 is 6.30. The molecule has 19 heavy (non-hydrogen) atoms. The lowest BCUT2D eigenvalue weighted by Gasteiger charge is -2.33. The number of aliphatic hydroxyl groups is 1. The van der Waals surface area contributed by atoms with Gasteiger partial charge in [0.25, 0.3) is 0 Å². The Bertz CT molecular complexity index is 410. The topological polar surface area (TPSA) is 29.5 Å². The Morgan fingerprint density at radius 3 is 2.53 bits per heavy atom. The molecule has 0 heterocycles. The number of fused-ring (bicyclic) bond motifs is 1. The molecule has 0 aromatic rings. The van der Waals surface area contributed by atoms with E-state index >= 15 is 0 Å². The van der Waals surface area contributed by atoms with Crippen molar-refractivity contribution >= 4 is 35.5 Å². The summed E-state index contributed by atoms with van der Waals surface area (Å²) in [6, 6.07) is 0. The molecule has 2 aliphatic carbocycles. The van der Waals surface area contributed by atoms with E-state index in [1.54, 1.807) is 0 Å². The van der Waals surface area contributed by atoms with Crippen molar-refractivity contribution in [3.8, 4) is 0 Å². The molecule has 7 atom stereocenters. The van der Waals surface area contributed by atoms with Gasteiger partial charge in [-0.3, -0.25) is 0 Å². The molecule has 0 aromatic heterocycles. The Morgan fingerprint density at radius 2 is 2.05 bits per heavy atom. The van der Waals surface area contributed by atoms with Gasteiger partial charge in [0.2, 0.25) is 0 Å². The maximum atomic E-state index is 10.6. The van der Waals surface area contributed by atoms with Crippen molar-refractivity contribution in [2.75, 3.05) is 18.4 Å². The van der Waals surface area contributed by atoms with Gasteiger partial charge in [-0.25, -0.2) is 0 Å². The van der Waals surface area contributed by atoms with E-state index in [9.17, 15) is 5.11 Å². The molecule has 2 fully saturated rings. The normalized spacial score (nSPS) is 47.7. The fourth-order valence-corrected chi connectivity index (χ4v) is 8.45. The Balaban J connectivity index is 1.92. The highest BCUT2D eigenvalue weighted by atomic mass is 31.2. The summed E-state index contributed by atoms with van der Waals surface area (Å²) in [5.74, 6) is 2.38. The number of hydrogen-bond acceptors (Lipinski definition) is 2. The van der Waals surface area contributed by atoms with Gasteiger partial charge in [0, 0.05) is 5.92 Å². The fraction of sp³-hybridized carbons (Fsp3) is 0.857. The van der Waals surface area contributed by atoms with Crippen molar-refractivity contribution in [2.24, 2.45) is 11.8 Å². The lowest BCUT2D eigenvalue weighted by atomic mass is 9.70. The zero-order valence-corrected chi connectivity index (χ0v) is 14.8. The highest BCUT2D eigenvalue weighted by molar-refractivity contribution is 7.72. The predicted molar refractivity (Wildman–Crippen MR) is 95.2 cm³/mol. The summed E-state index contributed by atoms with van der Waals surface area (Å²) in [6.07, 6.45) is 11.8. The van der Waals surface area contributed by atoms with Crippen LogP contribution in [0, 0.1) is 11.8 Å². The quantitative estimate of drug-likeness (QED) is 0.599. The Kier molecular flexibility index (Phi) is 4.55. The lowest BCUT2D eigenvalue weighted by Crippen LogP contribution is -2.39. The standard InChI is InChI=1S/C14H29BO2P2/c1-6-18(4)9-19(5)8-17-14-7-11(14)12(15)13(3,16)10(14)2/h10-12,16,18-19H,4-9,15H2,1-3H3/t10-,11+,12+,13+,14?/m0/s1. The lowest BCUT2D eigenvalue weighted by molar-refractivity contribution is -0.0518. The van der Waals surface area contributed by atoms with Crippen LogP contribution in [-0.2, 0) is 4.74 Å². The molecule has 0 spiro atoms. The van der Waals surface area contributed by atoms with Gasteiger partial charge < -0.3 is 9.84 Å². The molecule has 1 N–H and O–H groups in total. The molecule has 5 heteroatoms. The molecule has 0 aromatic carbocycles. The van der Waals surface area contributed by atoms with Gasteiger partial charge in [0.1, 0.15) is 7.85 Å². The SMILES string of the molecule is B[C@@H]1[C@H]2CC2(OC[PH](=C)C[PH](=C)CC)[C@@H](C)[C@@]1(C)O. The smallest absolute Gasteiger partial charge is 0.109 e. The summed E-state index contributed by atoms with van der Waals surface area (Å²) >= 11 is 0. The summed E-state index contributed by atoms with van der Waals surface area (Å²) in [7, 11) is 1.10. The van der Waals surface area contributed by atoms with Crippen LogP contribution in [0.1, 0.15) is 27.2 Å². The minimum atomic E-state index is -0.647. The predicted octanol–water partition coefficient (Wildman–Crippen LogP) is 1.81. The fourth-order valence-electron chi connectivity index (χ4n) is 3.74. The van der Waals surface area contributed by atoms with Crippen LogP contribution in [0.15, 0.2) is 0 Å². The molecule has 110 valence electrons. The largest absolute Gasteiger partial charge is 0.390 e. The van der Waals surface area contributed by atoms with Crippen LogP contribution in [-0.4, -0.2) is 55.2 Å². The number of rotatable bonds is 6. The van der Waals surface area contributed by atoms with Crippen molar-refractivity contribution in [3.63, 3.8) is 0 Å². The second-order valence-corrected chi connectivity index (χ2v) is 12.2. The average Bonchev–Trinajstić information content (AvgIpc) is 3.06. The zero-order chi connectivity index (χ0) is 14.4. The van der Waals surface area contributed by atoms with Gasteiger partial charge in [-0.1, -0.05) is 21.4 Å². The van der Waals surface area contributed by atoms with Crippen LogP contribution in [0.25, 0.3) is 0 Å². The highest BCUT2D eigenvalue weighted by Gasteiger charge is 2.72. The third kappa shape index (κ3) is 2.69. The highest BCUT2D eigenvalue weighted by Crippen LogP contribution is 2.69.